The predicted molar refractivity (Wildman–Crippen MR) is 102 cm³/mol. The van der Waals surface area contributed by atoms with E-state index in [-0.39, 0.29) is 42.1 Å². The lowest BCUT2D eigenvalue weighted by atomic mass is 9.76. The summed E-state index contributed by atoms with van der Waals surface area (Å²) in [4.78, 5) is 27.4. The third-order valence-corrected chi connectivity index (χ3v) is 5.67. The topological polar surface area (TPSA) is 46.6 Å². The van der Waals surface area contributed by atoms with Crippen molar-refractivity contribution in [1.29, 1.82) is 0 Å². The molecule has 0 radical (unpaired) electrons. The van der Waals surface area contributed by atoms with Gasteiger partial charge in [0.2, 0.25) is 0 Å². The maximum Gasteiger partial charge on any atom is 0.410 e. The Morgan fingerprint density at radius 1 is 1.19 bits per heavy atom. The quantitative estimate of drug-likeness (QED) is 0.761. The number of carbonyl (C=O) groups is 2. The molecule has 4 nitrogen and oxygen atoms in total. The number of nitrogens with zero attached hydrogens (tertiary/aromatic N) is 1. The highest BCUT2D eigenvalue weighted by atomic mass is 19.1. The van der Waals surface area contributed by atoms with Crippen LogP contribution in [-0.2, 0) is 16.0 Å². The van der Waals surface area contributed by atoms with Gasteiger partial charge in [-0.2, -0.15) is 0 Å². The summed E-state index contributed by atoms with van der Waals surface area (Å²) in [5, 5.41) is 0. The van der Waals surface area contributed by atoms with E-state index in [9.17, 15) is 14.0 Å². The molecular weight excluding hydrogens is 345 g/mol. The van der Waals surface area contributed by atoms with Crippen LogP contribution in [0.3, 0.4) is 0 Å². The maximum atomic E-state index is 14.3. The third kappa shape index (κ3) is 4.50. The molecule has 0 aliphatic carbocycles. The summed E-state index contributed by atoms with van der Waals surface area (Å²) in [5.41, 5.74) is 0.512. The third-order valence-electron chi connectivity index (χ3n) is 5.67. The molecule has 2 aliphatic rings. The van der Waals surface area contributed by atoms with Crippen molar-refractivity contribution in [2.75, 3.05) is 0 Å². The Labute approximate surface area is 161 Å². The lowest BCUT2D eigenvalue weighted by Crippen LogP contribution is -2.56. The van der Waals surface area contributed by atoms with Crippen molar-refractivity contribution in [1.82, 2.24) is 4.90 Å². The summed E-state index contributed by atoms with van der Waals surface area (Å²) in [6.45, 7) is 7.32. The van der Waals surface area contributed by atoms with Gasteiger partial charge >= 0.3 is 6.09 Å². The van der Waals surface area contributed by atoms with Gasteiger partial charge in [-0.05, 0) is 70.9 Å². The number of ether oxygens (including phenoxy) is 1. The molecule has 0 N–H and O–H groups in total. The van der Waals surface area contributed by atoms with Gasteiger partial charge in [-0.1, -0.05) is 18.2 Å². The van der Waals surface area contributed by atoms with Gasteiger partial charge < -0.3 is 9.64 Å². The number of piperidine rings is 2. The normalized spacial score (nSPS) is 25.2. The fourth-order valence-electron chi connectivity index (χ4n) is 4.43. The Bertz CT molecular complexity index is 711. The van der Waals surface area contributed by atoms with E-state index >= 15 is 0 Å². The minimum atomic E-state index is -0.527. The molecule has 2 bridgehead atoms. The average Bonchev–Trinajstić information content (AvgIpc) is 2.56. The van der Waals surface area contributed by atoms with Crippen LogP contribution >= 0.6 is 0 Å². The zero-order chi connectivity index (χ0) is 19.8. The first-order valence-electron chi connectivity index (χ1n) is 9.93. The van der Waals surface area contributed by atoms with Crippen molar-refractivity contribution in [3.8, 4) is 0 Å². The van der Waals surface area contributed by atoms with Crippen LogP contribution in [0.5, 0.6) is 0 Å². The number of aryl methyl sites for hydroxylation is 1. The zero-order valence-corrected chi connectivity index (χ0v) is 16.8. The number of rotatable bonds is 3. The molecule has 27 heavy (non-hydrogen) atoms. The molecule has 3 rings (SSSR count). The van der Waals surface area contributed by atoms with Crippen LogP contribution in [0.1, 0.15) is 64.0 Å². The van der Waals surface area contributed by atoms with Crippen molar-refractivity contribution in [2.45, 2.75) is 83.9 Å². The smallest absolute Gasteiger partial charge is 0.410 e. The minimum Gasteiger partial charge on any atom is -0.444 e. The van der Waals surface area contributed by atoms with Crippen molar-refractivity contribution in [3.63, 3.8) is 0 Å². The number of fused-ring (bicyclic) bond motifs is 2. The van der Waals surface area contributed by atoms with Gasteiger partial charge in [-0.15, -0.1) is 0 Å². The largest absolute Gasteiger partial charge is 0.444 e. The number of hydrogen-bond acceptors (Lipinski definition) is 3. The van der Waals surface area contributed by atoms with E-state index in [2.05, 4.69) is 0 Å². The molecule has 2 atom stereocenters. The van der Waals surface area contributed by atoms with Gasteiger partial charge in [0.25, 0.3) is 0 Å². The van der Waals surface area contributed by atoms with Gasteiger partial charge in [0, 0.05) is 24.4 Å². The van der Waals surface area contributed by atoms with Crippen LogP contribution in [0.25, 0.3) is 0 Å². The highest BCUT2D eigenvalue weighted by Gasteiger charge is 2.44. The first-order chi connectivity index (χ1) is 12.7. The fourth-order valence-corrected chi connectivity index (χ4v) is 4.43. The molecule has 2 aliphatic heterocycles. The number of Topliss-reactive ketones (excluding diaryl/α,β-unsaturated/α-hetero) is 1. The Hall–Kier alpha value is -1.91. The Morgan fingerprint density at radius 3 is 2.41 bits per heavy atom. The highest BCUT2D eigenvalue weighted by molar-refractivity contribution is 5.84. The average molecular weight is 375 g/mol. The number of hydrogen-bond donors (Lipinski definition) is 0. The zero-order valence-electron chi connectivity index (χ0n) is 16.8. The van der Waals surface area contributed by atoms with Crippen LogP contribution in [0.15, 0.2) is 18.2 Å². The molecule has 2 heterocycles. The van der Waals surface area contributed by atoms with Crippen LogP contribution in [0.4, 0.5) is 9.18 Å². The first kappa shape index (κ1) is 19.8. The summed E-state index contributed by atoms with van der Waals surface area (Å²) in [6.07, 6.45) is 4.04. The summed E-state index contributed by atoms with van der Waals surface area (Å²) in [5.74, 6) is -0.309. The number of ketones is 1. The summed E-state index contributed by atoms with van der Waals surface area (Å²) >= 11 is 0. The molecule has 1 aromatic carbocycles. The second-order valence-corrected chi connectivity index (χ2v) is 8.99. The molecule has 2 fully saturated rings. The maximum absolute atomic E-state index is 14.3. The standard InChI is InChI=1S/C22H30FNO3/c1-14-7-5-8-15(20(14)23)13-19(25)16-11-17-9-6-10-18(12-16)24(17)21(26)27-22(2,3)4/h5,7-8,16-18H,6,9-13H2,1-4H3. The SMILES string of the molecule is Cc1cccc(CC(=O)C2CC3CCCC(C2)N3C(=O)OC(C)(C)C)c1F. The van der Waals surface area contributed by atoms with Gasteiger partial charge in [0.05, 0.1) is 0 Å². The lowest BCUT2D eigenvalue weighted by molar-refractivity contribution is -0.126. The molecule has 148 valence electrons. The number of carbonyl (C=O) groups excluding carboxylic acids is 2. The monoisotopic (exact) mass is 375 g/mol. The molecule has 1 amide bonds. The molecule has 0 saturated carbocycles. The van der Waals surface area contributed by atoms with Crippen molar-refractivity contribution < 1.29 is 18.7 Å². The van der Waals surface area contributed by atoms with E-state index in [1.54, 1.807) is 25.1 Å². The van der Waals surface area contributed by atoms with E-state index < -0.39 is 5.60 Å². The van der Waals surface area contributed by atoms with E-state index in [4.69, 9.17) is 4.74 Å². The second-order valence-electron chi connectivity index (χ2n) is 8.99. The Morgan fingerprint density at radius 2 is 1.81 bits per heavy atom. The molecule has 0 aromatic heterocycles. The summed E-state index contributed by atoms with van der Waals surface area (Å²) in [6, 6.07) is 5.29. The number of amides is 1. The van der Waals surface area contributed by atoms with Crippen LogP contribution in [-0.4, -0.2) is 34.5 Å². The van der Waals surface area contributed by atoms with Gasteiger partial charge in [-0.25, -0.2) is 9.18 Å². The molecular formula is C22H30FNO3. The fraction of sp³-hybridized carbons (Fsp3) is 0.636. The van der Waals surface area contributed by atoms with Crippen molar-refractivity contribution in [3.05, 3.63) is 35.1 Å². The van der Waals surface area contributed by atoms with E-state index in [1.807, 2.05) is 25.7 Å². The molecule has 1 aromatic rings. The summed E-state index contributed by atoms with van der Waals surface area (Å²) in [7, 11) is 0. The number of halogens is 1. The highest BCUT2D eigenvalue weighted by Crippen LogP contribution is 2.38. The number of benzene rings is 1. The summed E-state index contributed by atoms with van der Waals surface area (Å²) < 4.78 is 19.8. The molecule has 2 unspecified atom stereocenters. The van der Waals surface area contributed by atoms with E-state index in [1.165, 1.54) is 0 Å². The van der Waals surface area contributed by atoms with Crippen LogP contribution < -0.4 is 0 Å². The molecule has 5 heteroatoms. The van der Waals surface area contributed by atoms with Gasteiger partial charge in [-0.3, -0.25) is 4.79 Å². The second kappa shape index (κ2) is 7.61. The van der Waals surface area contributed by atoms with Crippen LogP contribution in [0.2, 0.25) is 0 Å². The van der Waals surface area contributed by atoms with Gasteiger partial charge in [0.1, 0.15) is 17.2 Å². The van der Waals surface area contributed by atoms with Gasteiger partial charge in [0.15, 0.2) is 0 Å². The van der Waals surface area contributed by atoms with E-state index in [0.29, 0.717) is 24.0 Å². The molecule has 2 saturated heterocycles. The van der Waals surface area contributed by atoms with Crippen molar-refractivity contribution >= 4 is 11.9 Å². The lowest BCUT2D eigenvalue weighted by Gasteiger charge is -2.48. The van der Waals surface area contributed by atoms with Crippen molar-refractivity contribution in [2.24, 2.45) is 5.92 Å². The Kier molecular flexibility index (Phi) is 5.59. The molecule has 0 spiro atoms. The first-order valence-corrected chi connectivity index (χ1v) is 9.93. The predicted octanol–water partition coefficient (Wildman–Crippen LogP) is 4.81. The Balaban J connectivity index is 1.69. The minimum absolute atomic E-state index is 0.0451. The van der Waals surface area contributed by atoms with Crippen LogP contribution in [0, 0.1) is 18.7 Å². The van der Waals surface area contributed by atoms with E-state index in [0.717, 1.165) is 19.3 Å².